The Labute approximate surface area is 219 Å². The van der Waals surface area contributed by atoms with Gasteiger partial charge in [0, 0.05) is 25.3 Å². The highest BCUT2D eigenvalue weighted by Crippen LogP contribution is 2.37. The van der Waals surface area contributed by atoms with Gasteiger partial charge in [0.1, 0.15) is 0 Å². The van der Waals surface area contributed by atoms with Crippen molar-refractivity contribution in [2.24, 2.45) is 0 Å². The van der Waals surface area contributed by atoms with Gasteiger partial charge >= 0.3 is 12.1 Å². The molecule has 0 aliphatic carbocycles. The molecule has 1 atom stereocenters. The lowest BCUT2D eigenvalue weighted by Gasteiger charge is -2.33. The van der Waals surface area contributed by atoms with E-state index in [1.807, 2.05) is 38.1 Å². The number of benzene rings is 1. The van der Waals surface area contributed by atoms with Gasteiger partial charge in [-0.1, -0.05) is 26.0 Å². The number of carbonyl (C=O) groups is 1. The highest BCUT2D eigenvalue weighted by molar-refractivity contribution is 6.00. The van der Waals surface area contributed by atoms with Crippen molar-refractivity contribution >= 4 is 22.7 Å². The number of ether oxygens (including phenoxy) is 1. The van der Waals surface area contributed by atoms with E-state index in [0.29, 0.717) is 43.8 Å². The summed E-state index contributed by atoms with van der Waals surface area (Å²) >= 11 is 0. The molecular weight excluding hydrogens is 499 g/mol. The number of piperidine rings is 1. The molecule has 2 saturated heterocycles. The second-order valence-corrected chi connectivity index (χ2v) is 10.3. The number of morpholine rings is 1. The van der Waals surface area contributed by atoms with Crippen LogP contribution in [0.3, 0.4) is 0 Å². The number of rotatable bonds is 6. The van der Waals surface area contributed by atoms with Gasteiger partial charge in [-0.15, -0.1) is 0 Å². The third-order valence-corrected chi connectivity index (χ3v) is 7.24. The summed E-state index contributed by atoms with van der Waals surface area (Å²) in [5.41, 5.74) is 3.64. The fraction of sp³-hybridized carbons (Fsp3) is 0.519. The van der Waals surface area contributed by atoms with Crippen LogP contribution in [0.5, 0.6) is 0 Å². The third-order valence-electron chi connectivity index (χ3n) is 7.24. The van der Waals surface area contributed by atoms with Crippen molar-refractivity contribution in [3.8, 4) is 11.1 Å². The fourth-order valence-corrected chi connectivity index (χ4v) is 5.46. The average molecular weight is 532 g/mol. The topological polar surface area (TPSA) is 83.7 Å². The molecule has 1 unspecified atom stereocenters. The number of nitrogens with zero attached hydrogens (tertiary/aromatic N) is 5. The Balaban J connectivity index is 1.60. The smallest absolute Gasteiger partial charge is 0.401 e. The normalized spacial score (nSPS) is 19.4. The van der Waals surface area contributed by atoms with Gasteiger partial charge in [0.2, 0.25) is 0 Å². The number of anilines is 1. The highest BCUT2D eigenvalue weighted by Gasteiger charge is 2.35. The van der Waals surface area contributed by atoms with E-state index in [4.69, 9.17) is 9.84 Å². The minimum absolute atomic E-state index is 0.00234. The van der Waals surface area contributed by atoms with E-state index >= 15 is 0 Å². The SMILES string of the molecule is CC(C)c1nn(C2CCCN(CC(F)(F)F)C2)c2nc(C(=O)O)cc(-c3ccc(N4CCOCC4)cc3)c12. The van der Waals surface area contributed by atoms with Gasteiger partial charge in [-0.05, 0) is 54.6 Å². The fourth-order valence-electron chi connectivity index (χ4n) is 5.46. The highest BCUT2D eigenvalue weighted by atomic mass is 19.4. The second-order valence-electron chi connectivity index (χ2n) is 10.3. The first-order valence-electron chi connectivity index (χ1n) is 13.0. The number of hydrogen-bond acceptors (Lipinski definition) is 6. The Morgan fingerprint density at radius 1 is 1.16 bits per heavy atom. The Morgan fingerprint density at radius 2 is 1.87 bits per heavy atom. The van der Waals surface area contributed by atoms with Crippen LogP contribution in [0.2, 0.25) is 0 Å². The predicted octanol–water partition coefficient (Wildman–Crippen LogP) is 4.96. The lowest BCUT2D eigenvalue weighted by atomic mass is 9.97. The van der Waals surface area contributed by atoms with Crippen LogP contribution in [0.4, 0.5) is 18.9 Å². The van der Waals surface area contributed by atoms with E-state index in [-0.39, 0.29) is 24.2 Å². The largest absolute Gasteiger partial charge is 0.477 e. The van der Waals surface area contributed by atoms with E-state index in [2.05, 4.69) is 9.88 Å². The molecule has 0 spiro atoms. The molecule has 0 amide bonds. The first-order chi connectivity index (χ1) is 18.1. The Kier molecular flexibility index (Phi) is 7.32. The first-order valence-corrected chi connectivity index (χ1v) is 13.0. The zero-order valence-corrected chi connectivity index (χ0v) is 21.5. The monoisotopic (exact) mass is 531 g/mol. The van der Waals surface area contributed by atoms with Crippen LogP contribution in [0, 0.1) is 0 Å². The maximum atomic E-state index is 13.1. The lowest BCUT2D eigenvalue weighted by Crippen LogP contribution is -2.42. The van der Waals surface area contributed by atoms with Crippen molar-refractivity contribution in [2.45, 2.75) is 44.8 Å². The molecule has 204 valence electrons. The van der Waals surface area contributed by atoms with Crippen molar-refractivity contribution in [1.29, 1.82) is 0 Å². The Hall–Kier alpha value is -3.18. The summed E-state index contributed by atoms with van der Waals surface area (Å²) in [6.07, 6.45) is -3.05. The summed E-state index contributed by atoms with van der Waals surface area (Å²) < 4.78 is 46.4. The molecule has 3 aromatic rings. The van der Waals surface area contributed by atoms with Crippen LogP contribution in [-0.2, 0) is 4.74 Å². The van der Waals surface area contributed by atoms with E-state index in [9.17, 15) is 23.1 Å². The average Bonchev–Trinajstić information content (AvgIpc) is 3.28. The zero-order chi connectivity index (χ0) is 27.0. The van der Waals surface area contributed by atoms with Crippen LogP contribution in [-0.4, -0.2) is 82.9 Å². The number of aromatic nitrogens is 3. The van der Waals surface area contributed by atoms with Crippen molar-refractivity contribution in [2.75, 3.05) is 50.8 Å². The number of likely N-dealkylation sites (tertiary alicyclic amines) is 1. The summed E-state index contributed by atoms with van der Waals surface area (Å²) in [6, 6.07) is 9.21. The molecule has 0 bridgehead atoms. The van der Waals surface area contributed by atoms with Gasteiger partial charge in [0.25, 0.3) is 0 Å². The quantitative estimate of drug-likeness (QED) is 0.482. The summed E-state index contributed by atoms with van der Waals surface area (Å²) in [4.78, 5) is 20.2. The molecule has 8 nitrogen and oxygen atoms in total. The van der Waals surface area contributed by atoms with Gasteiger partial charge in [0.15, 0.2) is 11.3 Å². The molecule has 2 aliphatic heterocycles. The molecule has 5 rings (SSSR count). The zero-order valence-electron chi connectivity index (χ0n) is 21.5. The Bertz CT molecular complexity index is 1300. The van der Waals surface area contributed by atoms with E-state index in [0.717, 1.165) is 35.4 Å². The lowest BCUT2D eigenvalue weighted by molar-refractivity contribution is -0.149. The number of fused-ring (bicyclic) bond motifs is 1. The van der Waals surface area contributed by atoms with Gasteiger partial charge in [-0.25, -0.2) is 14.5 Å². The number of aromatic carboxylic acids is 1. The first kappa shape index (κ1) is 26.4. The number of carboxylic acid groups (broad SMARTS) is 1. The van der Waals surface area contributed by atoms with Crippen molar-refractivity contribution in [3.05, 3.63) is 41.7 Å². The molecule has 2 aliphatic rings. The summed E-state index contributed by atoms with van der Waals surface area (Å²) in [5.74, 6) is -1.17. The second kappa shape index (κ2) is 10.5. The number of halogens is 3. The van der Waals surface area contributed by atoms with Crippen LogP contribution in [0.25, 0.3) is 22.2 Å². The van der Waals surface area contributed by atoms with Crippen molar-refractivity contribution in [3.63, 3.8) is 0 Å². The number of alkyl halides is 3. The van der Waals surface area contributed by atoms with Gasteiger partial charge in [0.05, 0.1) is 36.9 Å². The summed E-state index contributed by atoms with van der Waals surface area (Å²) in [7, 11) is 0. The van der Waals surface area contributed by atoms with E-state index in [1.165, 1.54) is 4.90 Å². The van der Waals surface area contributed by atoms with Gasteiger partial charge in [-0.3, -0.25) is 4.90 Å². The van der Waals surface area contributed by atoms with Crippen LogP contribution < -0.4 is 4.90 Å². The van der Waals surface area contributed by atoms with Gasteiger partial charge in [-0.2, -0.15) is 18.3 Å². The van der Waals surface area contributed by atoms with Gasteiger partial charge < -0.3 is 14.7 Å². The number of carboxylic acids is 1. The molecule has 2 fully saturated rings. The summed E-state index contributed by atoms with van der Waals surface area (Å²) in [5, 5.41) is 15.5. The molecule has 1 aromatic carbocycles. The van der Waals surface area contributed by atoms with Crippen molar-refractivity contribution in [1.82, 2.24) is 19.7 Å². The maximum absolute atomic E-state index is 13.1. The standard InChI is InChI=1S/C27H32F3N5O3/c1-17(2)24-23-21(18-5-7-19(8-6-18)34-10-12-38-13-11-34)14-22(26(36)37)31-25(23)35(32-24)20-4-3-9-33(15-20)16-27(28,29)30/h5-8,14,17,20H,3-4,9-13,15-16H2,1-2H3,(H,36,37). The molecule has 0 radical (unpaired) electrons. The molecule has 1 N–H and O–H groups in total. The Morgan fingerprint density at radius 3 is 2.50 bits per heavy atom. The molecular formula is C27H32F3N5O3. The number of hydrogen-bond donors (Lipinski definition) is 1. The van der Waals surface area contributed by atoms with Crippen LogP contribution in [0.15, 0.2) is 30.3 Å². The maximum Gasteiger partial charge on any atom is 0.401 e. The third kappa shape index (κ3) is 5.49. The molecule has 11 heteroatoms. The minimum Gasteiger partial charge on any atom is -0.477 e. The molecule has 0 saturated carbocycles. The minimum atomic E-state index is -4.29. The molecule has 4 heterocycles. The molecule has 38 heavy (non-hydrogen) atoms. The summed E-state index contributed by atoms with van der Waals surface area (Å²) in [6.45, 7) is 6.52. The van der Waals surface area contributed by atoms with Crippen LogP contribution in [0.1, 0.15) is 54.8 Å². The van der Waals surface area contributed by atoms with Crippen LogP contribution >= 0.6 is 0 Å². The van der Waals surface area contributed by atoms with E-state index in [1.54, 1.807) is 10.7 Å². The van der Waals surface area contributed by atoms with E-state index < -0.39 is 18.7 Å². The number of pyridine rings is 1. The predicted molar refractivity (Wildman–Crippen MR) is 138 cm³/mol. The molecule has 2 aromatic heterocycles. The van der Waals surface area contributed by atoms with Crippen molar-refractivity contribution < 1.29 is 27.8 Å².